The molecule has 0 spiro atoms. The van der Waals surface area contributed by atoms with Crippen molar-refractivity contribution < 1.29 is 9.53 Å². The van der Waals surface area contributed by atoms with Crippen LogP contribution < -0.4 is 10.7 Å². The Kier molecular flexibility index (Phi) is 3.76. The van der Waals surface area contributed by atoms with Crippen LogP contribution in [0.1, 0.15) is 5.56 Å². The van der Waals surface area contributed by atoms with Crippen molar-refractivity contribution in [3.05, 3.63) is 64.6 Å². The van der Waals surface area contributed by atoms with Crippen LogP contribution in [0.15, 0.2) is 53.6 Å². The molecule has 5 heteroatoms. The van der Waals surface area contributed by atoms with Crippen LogP contribution in [0.25, 0.3) is 0 Å². The Morgan fingerprint density at radius 1 is 1.22 bits per heavy atom. The number of aromatic nitrogens is 1. The number of benzene rings is 1. The number of hydrogen-bond donors (Lipinski definition) is 2. The van der Waals surface area contributed by atoms with Crippen molar-refractivity contribution in [1.29, 1.82) is 0 Å². The normalized spacial score (nSPS) is 9.78. The van der Waals surface area contributed by atoms with Gasteiger partial charge in [0, 0.05) is 18.5 Å². The largest absolute Gasteiger partial charge is 0.444 e. The van der Waals surface area contributed by atoms with E-state index in [2.05, 4.69) is 10.3 Å². The van der Waals surface area contributed by atoms with Gasteiger partial charge in [0.05, 0.1) is 0 Å². The summed E-state index contributed by atoms with van der Waals surface area (Å²) in [4.78, 5) is 25.5. The van der Waals surface area contributed by atoms with Gasteiger partial charge in [-0.2, -0.15) is 0 Å². The second kappa shape index (κ2) is 5.67. The van der Waals surface area contributed by atoms with Crippen molar-refractivity contribution in [2.75, 3.05) is 5.32 Å². The minimum Gasteiger partial charge on any atom is -0.444 e. The smallest absolute Gasteiger partial charge is 0.412 e. The highest BCUT2D eigenvalue weighted by atomic mass is 16.5. The predicted molar refractivity (Wildman–Crippen MR) is 67.3 cm³/mol. The molecule has 2 N–H and O–H groups in total. The van der Waals surface area contributed by atoms with E-state index in [-0.39, 0.29) is 17.7 Å². The van der Waals surface area contributed by atoms with Gasteiger partial charge in [0.25, 0.3) is 0 Å². The van der Waals surface area contributed by atoms with Crippen molar-refractivity contribution in [3.63, 3.8) is 0 Å². The Morgan fingerprint density at radius 3 is 2.72 bits per heavy atom. The van der Waals surface area contributed by atoms with Crippen LogP contribution in [0.2, 0.25) is 0 Å². The van der Waals surface area contributed by atoms with Gasteiger partial charge >= 0.3 is 6.09 Å². The summed E-state index contributed by atoms with van der Waals surface area (Å²) in [5.41, 5.74) is 0.774. The fraction of sp³-hybridized carbons (Fsp3) is 0.0769. The molecule has 1 heterocycles. The van der Waals surface area contributed by atoms with Crippen molar-refractivity contribution in [2.45, 2.75) is 6.61 Å². The first kappa shape index (κ1) is 11.9. The van der Waals surface area contributed by atoms with E-state index in [0.29, 0.717) is 0 Å². The third-order valence-corrected chi connectivity index (χ3v) is 2.27. The molecule has 2 rings (SSSR count). The van der Waals surface area contributed by atoms with Crippen molar-refractivity contribution in [1.82, 2.24) is 4.98 Å². The number of rotatable bonds is 3. The van der Waals surface area contributed by atoms with Gasteiger partial charge < -0.3 is 9.72 Å². The van der Waals surface area contributed by atoms with Gasteiger partial charge in [-0.3, -0.25) is 10.1 Å². The highest BCUT2D eigenvalue weighted by Crippen LogP contribution is 2.02. The molecule has 0 radical (unpaired) electrons. The standard InChI is InChI=1S/C13H12N2O3/c16-12-6-7-14-8-11(12)15-13(17)18-9-10-4-2-1-3-5-10/h1-8H,9H2,(H,14,16)(H,15,17). The molecule has 1 aromatic heterocycles. The zero-order chi connectivity index (χ0) is 12.8. The van der Waals surface area contributed by atoms with Crippen LogP contribution in [-0.4, -0.2) is 11.1 Å². The Balaban J connectivity index is 1.90. The fourth-order valence-corrected chi connectivity index (χ4v) is 1.38. The van der Waals surface area contributed by atoms with E-state index in [1.165, 1.54) is 18.5 Å². The molecule has 1 amide bonds. The lowest BCUT2D eigenvalue weighted by Crippen LogP contribution is -2.18. The number of anilines is 1. The zero-order valence-electron chi connectivity index (χ0n) is 9.55. The number of H-pyrrole nitrogens is 1. The van der Waals surface area contributed by atoms with Gasteiger partial charge in [-0.1, -0.05) is 30.3 Å². The average Bonchev–Trinajstić information content (AvgIpc) is 2.40. The maximum Gasteiger partial charge on any atom is 0.412 e. The van der Waals surface area contributed by atoms with Gasteiger partial charge in [-0.25, -0.2) is 4.79 Å². The summed E-state index contributed by atoms with van der Waals surface area (Å²) in [6.45, 7) is 0.164. The number of pyridine rings is 1. The third-order valence-electron chi connectivity index (χ3n) is 2.27. The van der Waals surface area contributed by atoms with Crippen molar-refractivity contribution >= 4 is 11.8 Å². The molecule has 5 nitrogen and oxygen atoms in total. The number of carbonyl (C=O) groups excluding carboxylic acids is 1. The van der Waals surface area contributed by atoms with E-state index < -0.39 is 6.09 Å². The van der Waals surface area contributed by atoms with Crippen molar-refractivity contribution in [3.8, 4) is 0 Å². The molecule has 0 fully saturated rings. The lowest BCUT2D eigenvalue weighted by atomic mass is 10.2. The molecule has 92 valence electrons. The zero-order valence-corrected chi connectivity index (χ0v) is 9.55. The first-order valence-electron chi connectivity index (χ1n) is 5.40. The van der Waals surface area contributed by atoms with Crippen LogP contribution in [-0.2, 0) is 11.3 Å². The summed E-state index contributed by atoms with van der Waals surface area (Å²) < 4.78 is 4.98. The van der Waals surface area contributed by atoms with Crippen LogP contribution in [0, 0.1) is 0 Å². The van der Waals surface area contributed by atoms with Crippen LogP contribution >= 0.6 is 0 Å². The molecule has 0 aliphatic heterocycles. The number of hydrogen-bond acceptors (Lipinski definition) is 3. The minimum absolute atomic E-state index is 0.163. The molecule has 0 atom stereocenters. The highest BCUT2D eigenvalue weighted by molar-refractivity contribution is 5.84. The molecule has 0 unspecified atom stereocenters. The summed E-state index contributed by atoms with van der Waals surface area (Å²) in [7, 11) is 0. The van der Waals surface area contributed by atoms with E-state index in [0.717, 1.165) is 5.56 Å². The Labute approximate surface area is 103 Å². The summed E-state index contributed by atoms with van der Waals surface area (Å²) in [6.07, 6.45) is 2.24. The second-order valence-corrected chi connectivity index (χ2v) is 3.61. The first-order valence-corrected chi connectivity index (χ1v) is 5.40. The summed E-state index contributed by atoms with van der Waals surface area (Å²) >= 11 is 0. The third kappa shape index (κ3) is 3.21. The maximum atomic E-state index is 11.5. The number of amides is 1. The fourth-order valence-electron chi connectivity index (χ4n) is 1.38. The number of aromatic amines is 1. The Morgan fingerprint density at radius 2 is 2.00 bits per heavy atom. The van der Waals surface area contributed by atoms with Gasteiger partial charge in [-0.15, -0.1) is 0 Å². The van der Waals surface area contributed by atoms with Crippen LogP contribution in [0.5, 0.6) is 0 Å². The van der Waals surface area contributed by atoms with E-state index in [4.69, 9.17) is 4.74 Å². The molecule has 0 aliphatic rings. The monoisotopic (exact) mass is 244 g/mol. The minimum atomic E-state index is -0.657. The quantitative estimate of drug-likeness (QED) is 0.868. The van der Waals surface area contributed by atoms with Crippen molar-refractivity contribution in [2.24, 2.45) is 0 Å². The molecule has 0 saturated heterocycles. The highest BCUT2D eigenvalue weighted by Gasteiger charge is 2.05. The lowest BCUT2D eigenvalue weighted by molar-refractivity contribution is 0.155. The number of nitrogens with one attached hydrogen (secondary N) is 2. The summed E-state index contributed by atoms with van der Waals surface area (Å²) in [5, 5.41) is 2.38. The molecule has 0 aliphatic carbocycles. The van der Waals surface area contributed by atoms with E-state index in [1.807, 2.05) is 30.3 Å². The van der Waals surface area contributed by atoms with E-state index in [1.54, 1.807) is 0 Å². The molecular weight excluding hydrogens is 232 g/mol. The summed E-state index contributed by atoms with van der Waals surface area (Å²) in [6, 6.07) is 10.6. The molecule has 18 heavy (non-hydrogen) atoms. The lowest BCUT2D eigenvalue weighted by Gasteiger charge is -2.06. The molecule has 0 saturated carbocycles. The molecular formula is C13H12N2O3. The first-order chi connectivity index (χ1) is 8.75. The molecule has 1 aromatic carbocycles. The van der Waals surface area contributed by atoms with Gasteiger partial charge in [0.15, 0.2) is 0 Å². The predicted octanol–water partition coefficient (Wildman–Crippen LogP) is 2.12. The molecule has 2 aromatic rings. The second-order valence-electron chi connectivity index (χ2n) is 3.61. The maximum absolute atomic E-state index is 11.5. The Hall–Kier alpha value is -2.56. The van der Waals surface area contributed by atoms with Gasteiger partial charge in [0.1, 0.15) is 12.3 Å². The SMILES string of the molecule is O=C(Nc1c[nH]ccc1=O)OCc1ccccc1. The van der Waals surface area contributed by atoms with E-state index >= 15 is 0 Å². The van der Waals surface area contributed by atoms with Gasteiger partial charge in [-0.05, 0) is 5.56 Å². The summed E-state index contributed by atoms with van der Waals surface area (Å²) in [5.74, 6) is 0. The van der Waals surface area contributed by atoms with Crippen LogP contribution in [0.3, 0.4) is 0 Å². The average molecular weight is 244 g/mol. The van der Waals surface area contributed by atoms with E-state index in [9.17, 15) is 9.59 Å². The van der Waals surface area contributed by atoms with Crippen LogP contribution in [0.4, 0.5) is 10.5 Å². The Bertz CT molecular complexity index is 578. The topological polar surface area (TPSA) is 71.2 Å². The van der Waals surface area contributed by atoms with Gasteiger partial charge in [0.2, 0.25) is 5.43 Å². The number of ether oxygens (including phenoxy) is 1. The molecule has 0 bridgehead atoms. The number of carbonyl (C=O) groups is 1.